The summed E-state index contributed by atoms with van der Waals surface area (Å²) < 4.78 is 0.865. The van der Waals surface area contributed by atoms with Crippen molar-refractivity contribution in [2.24, 2.45) is 5.73 Å². The number of nitriles is 1. The number of halogens is 1. The predicted molar refractivity (Wildman–Crippen MR) is 65.9 cm³/mol. The molecule has 16 heavy (non-hydrogen) atoms. The summed E-state index contributed by atoms with van der Waals surface area (Å²) in [6.07, 6.45) is 0. The van der Waals surface area contributed by atoms with E-state index in [0.717, 1.165) is 10.2 Å². The fourth-order valence-electron chi connectivity index (χ4n) is 1.42. The van der Waals surface area contributed by atoms with Gasteiger partial charge >= 0.3 is 0 Å². The Morgan fingerprint density at radius 2 is 2.31 bits per heavy atom. The van der Waals surface area contributed by atoms with Gasteiger partial charge in [-0.05, 0) is 25.1 Å². The van der Waals surface area contributed by atoms with Gasteiger partial charge in [-0.25, -0.2) is 0 Å². The molecule has 0 atom stereocenters. The summed E-state index contributed by atoms with van der Waals surface area (Å²) in [7, 11) is 0. The molecule has 0 aromatic heterocycles. The molecule has 1 rings (SSSR count). The normalized spacial score (nSPS) is 9.56. The number of nitrogens with two attached hydrogens (primary N) is 1. The van der Waals surface area contributed by atoms with Gasteiger partial charge in [-0.2, -0.15) is 5.26 Å². The molecule has 0 radical (unpaired) electrons. The van der Waals surface area contributed by atoms with Crippen molar-refractivity contribution in [3.05, 3.63) is 28.2 Å². The third kappa shape index (κ3) is 2.97. The predicted octanol–water partition coefficient (Wildman–Crippen LogP) is 1.63. The number of primary amides is 1. The molecular weight excluding hydrogens is 270 g/mol. The molecule has 0 spiro atoms. The molecule has 0 aliphatic heterocycles. The van der Waals surface area contributed by atoms with Crippen molar-refractivity contribution >= 4 is 27.5 Å². The van der Waals surface area contributed by atoms with E-state index in [-0.39, 0.29) is 6.54 Å². The van der Waals surface area contributed by atoms with E-state index in [1.165, 1.54) is 0 Å². The number of nitrogens with zero attached hydrogens (tertiary/aromatic N) is 2. The summed E-state index contributed by atoms with van der Waals surface area (Å²) >= 11 is 3.34. The number of likely N-dealkylation sites (N-methyl/N-ethyl adjacent to an activating group) is 1. The number of amides is 1. The van der Waals surface area contributed by atoms with Gasteiger partial charge in [0.25, 0.3) is 0 Å². The third-order valence-electron chi connectivity index (χ3n) is 2.15. The number of anilines is 1. The summed E-state index contributed by atoms with van der Waals surface area (Å²) in [6, 6.07) is 7.41. The minimum Gasteiger partial charge on any atom is -0.368 e. The Morgan fingerprint density at radius 3 is 2.81 bits per heavy atom. The Kier molecular flexibility index (Phi) is 4.32. The van der Waals surface area contributed by atoms with Crippen LogP contribution < -0.4 is 10.6 Å². The molecule has 0 saturated carbocycles. The summed E-state index contributed by atoms with van der Waals surface area (Å²) in [6.45, 7) is 2.64. The van der Waals surface area contributed by atoms with Gasteiger partial charge in [-0.15, -0.1) is 0 Å². The molecule has 2 N–H and O–H groups in total. The molecule has 0 unspecified atom stereocenters. The van der Waals surface area contributed by atoms with E-state index >= 15 is 0 Å². The number of carbonyl (C=O) groups is 1. The molecule has 0 fully saturated rings. The number of hydrogen-bond donors (Lipinski definition) is 1. The van der Waals surface area contributed by atoms with E-state index in [0.29, 0.717) is 12.1 Å². The minimum atomic E-state index is -0.411. The van der Waals surface area contributed by atoms with Crippen LogP contribution in [-0.2, 0) is 4.79 Å². The second-order valence-electron chi connectivity index (χ2n) is 3.25. The SMILES string of the molecule is CCN(CC(N)=O)c1cc(Br)ccc1C#N. The Morgan fingerprint density at radius 1 is 1.62 bits per heavy atom. The Bertz CT molecular complexity index is 439. The Labute approximate surface area is 103 Å². The molecule has 1 aromatic carbocycles. The number of benzene rings is 1. The highest BCUT2D eigenvalue weighted by molar-refractivity contribution is 9.10. The quantitative estimate of drug-likeness (QED) is 0.912. The zero-order valence-corrected chi connectivity index (χ0v) is 10.5. The van der Waals surface area contributed by atoms with Crippen molar-refractivity contribution < 1.29 is 4.79 Å². The number of hydrogen-bond acceptors (Lipinski definition) is 3. The standard InChI is InChI=1S/C11H12BrN3O/c1-2-15(7-11(14)16)10-5-9(12)4-3-8(10)6-13/h3-5H,2,7H2,1H3,(H2,14,16). The molecule has 0 heterocycles. The van der Waals surface area contributed by atoms with Crippen molar-refractivity contribution in [2.45, 2.75) is 6.92 Å². The lowest BCUT2D eigenvalue weighted by atomic mass is 10.1. The van der Waals surface area contributed by atoms with Crippen molar-refractivity contribution in [2.75, 3.05) is 18.0 Å². The van der Waals surface area contributed by atoms with Crippen LogP contribution >= 0.6 is 15.9 Å². The van der Waals surface area contributed by atoms with Crippen LogP contribution in [0.4, 0.5) is 5.69 Å². The highest BCUT2D eigenvalue weighted by atomic mass is 79.9. The van der Waals surface area contributed by atoms with Gasteiger partial charge in [-0.3, -0.25) is 4.79 Å². The maximum Gasteiger partial charge on any atom is 0.236 e. The molecule has 0 aliphatic rings. The third-order valence-corrected chi connectivity index (χ3v) is 2.64. The average Bonchev–Trinajstić information content (AvgIpc) is 2.25. The van der Waals surface area contributed by atoms with Crippen LogP contribution in [0.1, 0.15) is 12.5 Å². The summed E-state index contributed by atoms with van der Waals surface area (Å²) in [4.78, 5) is 12.7. The second kappa shape index (κ2) is 5.52. The largest absolute Gasteiger partial charge is 0.368 e. The molecule has 1 amide bonds. The Hall–Kier alpha value is -1.54. The molecule has 5 heteroatoms. The molecule has 1 aromatic rings. The zero-order chi connectivity index (χ0) is 12.1. The van der Waals surface area contributed by atoms with Crippen molar-refractivity contribution in [3.63, 3.8) is 0 Å². The van der Waals surface area contributed by atoms with Crippen LogP contribution in [0.25, 0.3) is 0 Å². The first-order valence-electron chi connectivity index (χ1n) is 4.81. The first-order valence-corrected chi connectivity index (χ1v) is 5.60. The van der Waals surface area contributed by atoms with Crippen LogP contribution in [0, 0.1) is 11.3 Å². The smallest absolute Gasteiger partial charge is 0.236 e. The van der Waals surface area contributed by atoms with E-state index in [1.807, 2.05) is 13.0 Å². The Balaban J connectivity index is 3.13. The van der Waals surface area contributed by atoms with Gasteiger partial charge < -0.3 is 10.6 Å². The van der Waals surface area contributed by atoms with Crippen molar-refractivity contribution in [1.82, 2.24) is 0 Å². The van der Waals surface area contributed by atoms with Crippen molar-refractivity contribution in [3.8, 4) is 6.07 Å². The summed E-state index contributed by atoms with van der Waals surface area (Å²) in [5, 5.41) is 8.98. The lowest BCUT2D eigenvalue weighted by Crippen LogP contribution is -2.34. The highest BCUT2D eigenvalue weighted by Crippen LogP contribution is 2.24. The number of carbonyl (C=O) groups excluding carboxylic acids is 1. The van der Waals surface area contributed by atoms with Gasteiger partial charge in [0.05, 0.1) is 17.8 Å². The maximum atomic E-state index is 10.9. The van der Waals surface area contributed by atoms with E-state index in [4.69, 9.17) is 11.0 Å². The first-order chi connectivity index (χ1) is 7.58. The maximum absolute atomic E-state index is 10.9. The first kappa shape index (κ1) is 12.5. The molecule has 0 aliphatic carbocycles. The van der Waals surface area contributed by atoms with Crippen LogP contribution in [0.2, 0.25) is 0 Å². The minimum absolute atomic E-state index is 0.113. The van der Waals surface area contributed by atoms with Gasteiger partial charge in [0.2, 0.25) is 5.91 Å². The molecule has 84 valence electrons. The average molecular weight is 282 g/mol. The van der Waals surface area contributed by atoms with E-state index in [2.05, 4.69) is 22.0 Å². The molecule has 0 saturated heterocycles. The molecule has 4 nitrogen and oxygen atoms in total. The zero-order valence-electron chi connectivity index (χ0n) is 8.90. The molecule has 0 bridgehead atoms. The van der Waals surface area contributed by atoms with Gasteiger partial charge in [0.15, 0.2) is 0 Å². The van der Waals surface area contributed by atoms with Gasteiger partial charge in [-0.1, -0.05) is 15.9 Å². The van der Waals surface area contributed by atoms with Gasteiger partial charge in [0.1, 0.15) is 6.07 Å². The fraction of sp³-hybridized carbons (Fsp3) is 0.273. The van der Waals surface area contributed by atoms with Gasteiger partial charge in [0, 0.05) is 11.0 Å². The lowest BCUT2D eigenvalue weighted by Gasteiger charge is -2.22. The van der Waals surface area contributed by atoms with E-state index in [1.54, 1.807) is 17.0 Å². The van der Waals surface area contributed by atoms with Crippen LogP contribution in [-0.4, -0.2) is 19.0 Å². The van der Waals surface area contributed by atoms with Crippen LogP contribution in [0.5, 0.6) is 0 Å². The monoisotopic (exact) mass is 281 g/mol. The topological polar surface area (TPSA) is 70.1 Å². The number of rotatable bonds is 4. The lowest BCUT2D eigenvalue weighted by molar-refractivity contribution is -0.116. The summed E-state index contributed by atoms with van der Waals surface area (Å²) in [5.74, 6) is -0.411. The van der Waals surface area contributed by atoms with Crippen LogP contribution in [0.3, 0.4) is 0 Å². The van der Waals surface area contributed by atoms with E-state index in [9.17, 15) is 4.79 Å². The fourth-order valence-corrected chi connectivity index (χ4v) is 1.77. The van der Waals surface area contributed by atoms with E-state index < -0.39 is 5.91 Å². The summed E-state index contributed by atoms with van der Waals surface area (Å²) in [5.41, 5.74) is 6.41. The molecular formula is C11H12BrN3O. The second-order valence-corrected chi connectivity index (χ2v) is 4.17. The van der Waals surface area contributed by atoms with Crippen LogP contribution in [0.15, 0.2) is 22.7 Å². The highest BCUT2D eigenvalue weighted by Gasteiger charge is 2.12. The van der Waals surface area contributed by atoms with Crippen molar-refractivity contribution in [1.29, 1.82) is 5.26 Å².